The van der Waals surface area contributed by atoms with Gasteiger partial charge in [0, 0.05) is 16.6 Å². The molecule has 2 bridgehead atoms. The van der Waals surface area contributed by atoms with Gasteiger partial charge in [0.1, 0.15) is 0 Å². The Morgan fingerprint density at radius 3 is 3.00 bits per heavy atom. The molecule has 0 saturated heterocycles. The zero-order valence-corrected chi connectivity index (χ0v) is 10.2. The molecule has 1 aromatic carbocycles. The molecule has 3 rings (SSSR count). The fourth-order valence-corrected chi connectivity index (χ4v) is 3.37. The normalized spacial score (nSPS) is 33.2. The van der Waals surface area contributed by atoms with Crippen molar-refractivity contribution in [3.63, 3.8) is 0 Å². The summed E-state index contributed by atoms with van der Waals surface area (Å²) in [6, 6.07) is 7.86. The second-order valence-corrected chi connectivity index (χ2v) is 5.36. The van der Waals surface area contributed by atoms with E-state index in [-0.39, 0.29) is 6.04 Å². The standard InChI is InChI=1S/C13H15ClN2O/c14-10-2-1-3-11(7-10)15-12-8-4-5-9(6-8)13(12)16-17/h1-3,7-9,12,15,17H,4-6H2. The average Bonchev–Trinajstić information content (AvgIpc) is 2.89. The Balaban J connectivity index is 1.81. The van der Waals surface area contributed by atoms with E-state index < -0.39 is 0 Å². The van der Waals surface area contributed by atoms with Crippen molar-refractivity contribution in [3.05, 3.63) is 29.3 Å². The van der Waals surface area contributed by atoms with Crippen LogP contribution < -0.4 is 5.32 Å². The molecule has 4 heteroatoms. The number of hydrogen-bond donors (Lipinski definition) is 2. The van der Waals surface area contributed by atoms with Gasteiger partial charge in [-0.1, -0.05) is 22.8 Å². The lowest BCUT2D eigenvalue weighted by molar-refractivity contribution is 0.312. The molecule has 2 saturated carbocycles. The van der Waals surface area contributed by atoms with Crippen LogP contribution in [0.5, 0.6) is 0 Å². The molecule has 1 aromatic rings. The first-order chi connectivity index (χ1) is 8.28. The van der Waals surface area contributed by atoms with Crippen molar-refractivity contribution in [2.75, 3.05) is 5.32 Å². The van der Waals surface area contributed by atoms with Crippen LogP contribution >= 0.6 is 11.6 Å². The van der Waals surface area contributed by atoms with E-state index in [2.05, 4.69) is 10.5 Å². The third-order valence-electron chi connectivity index (χ3n) is 3.94. The van der Waals surface area contributed by atoms with Crippen molar-refractivity contribution >= 4 is 23.0 Å². The summed E-state index contributed by atoms with van der Waals surface area (Å²) >= 11 is 5.96. The van der Waals surface area contributed by atoms with Crippen LogP contribution in [0.15, 0.2) is 29.4 Å². The first-order valence-corrected chi connectivity index (χ1v) is 6.39. The quantitative estimate of drug-likeness (QED) is 0.624. The summed E-state index contributed by atoms with van der Waals surface area (Å²) in [7, 11) is 0. The summed E-state index contributed by atoms with van der Waals surface area (Å²) in [5.74, 6) is 1.08. The Labute approximate surface area is 105 Å². The maximum atomic E-state index is 9.11. The number of benzene rings is 1. The van der Waals surface area contributed by atoms with Gasteiger partial charge in [0.25, 0.3) is 0 Å². The van der Waals surface area contributed by atoms with Crippen molar-refractivity contribution in [1.82, 2.24) is 0 Å². The minimum atomic E-state index is 0.178. The van der Waals surface area contributed by atoms with E-state index in [9.17, 15) is 0 Å². The van der Waals surface area contributed by atoms with Gasteiger partial charge in [-0.15, -0.1) is 0 Å². The molecule has 2 aliphatic rings. The molecule has 0 aliphatic heterocycles. The summed E-state index contributed by atoms with van der Waals surface area (Å²) < 4.78 is 0. The lowest BCUT2D eigenvalue weighted by Crippen LogP contribution is -2.35. The van der Waals surface area contributed by atoms with Gasteiger partial charge >= 0.3 is 0 Å². The van der Waals surface area contributed by atoms with Crippen molar-refractivity contribution in [3.8, 4) is 0 Å². The van der Waals surface area contributed by atoms with E-state index in [0.29, 0.717) is 11.8 Å². The SMILES string of the molecule is ON=C1C2CCC(C2)C1Nc1cccc(Cl)c1. The van der Waals surface area contributed by atoms with Crippen molar-refractivity contribution in [1.29, 1.82) is 0 Å². The molecule has 0 spiro atoms. The monoisotopic (exact) mass is 250 g/mol. The molecule has 3 nitrogen and oxygen atoms in total. The number of nitrogens with zero attached hydrogens (tertiary/aromatic N) is 1. The van der Waals surface area contributed by atoms with Crippen molar-refractivity contribution in [2.45, 2.75) is 25.3 Å². The van der Waals surface area contributed by atoms with Gasteiger partial charge in [0.2, 0.25) is 0 Å². The number of nitrogens with one attached hydrogen (secondary N) is 1. The zero-order valence-electron chi connectivity index (χ0n) is 9.44. The van der Waals surface area contributed by atoms with Gasteiger partial charge in [0.05, 0.1) is 11.8 Å². The van der Waals surface area contributed by atoms with E-state index in [0.717, 1.165) is 29.3 Å². The predicted molar refractivity (Wildman–Crippen MR) is 68.9 cm³/mol. The predicted octanol–water partition coefficient (Wildman–Crippen LogP) is 3.38. The Morgan fingerprint density at radius 1 is 1.35 bits per heavy atom. The molecule has 2 fully saturated rings. The topological polar surface area (TPSA) is 44.6 Å². The first kappa shape index (κ1) is 10.9. The van der Waals surface area contributed by atoms with Crippen LogP contribution in [0.2, 0.25) is 5.02 Å². The fourth-order valence-electron chi connectivity index (χ4n) is 3.18. The molecule has 0 aromatic heterocycles. The Bertz CT molecular complexity index is 460. The molecule has 0 heterocycles. The number of anilines is 1. The minimum absolute atomic E-state index is 0.178. The highest BCUT2D eigenvalue weighted by molar-refractivity contribution is 6.30. The lowest BCUT2D eigenvalue weighted by Gasteiger charge is -2.24. The second-order valence-electron chi connectivity index (χ2n) is 4.93. The first-order valence-electron chi connectivity index (χ1n) is 6.02. The third kappa shape index (κ3) is 1.89. The fraction of sp³-hybridized carbons (Fsp3) is 0.462. The van der Waals surface area contributed by atoms with Gasteiger partial charge < -0.3 is 10.5 Å². The van der Waals surface area contributed by atoms with E-state index in [1.54, 1.807) is 0 Å². The maximum Gasteiger partial charge on any atom is 0.0826 e. The Hall–Kier alpha value is -1.22. The third-order valence-corrected chi connectivity index (χ3v) is 4.18. The smallest absolute Gasteiger partial charge is 0.0826 e. The molecule has 2 N–H and O–H groups in total. The van der Waals surface area contributed by atoms with Crippen LogP contribution in [0.25, 0.3) is 0 Å². The summed E-state index contributed by atoms with van der Waals surface area (Å²) in [5, 5.41) is 16.8. The molecule has 3 unspecified atom stereocenters. The van der Waals surface area contributed by atoms with Crippen LogP contribution in [-0.4, -0.2) is 17.0 Å². The highest BCUT2D eigenvalue weighted by Crippen LogP contribution is 2.44. The molecule has 3 atom stereocenters. The highest BCUT2D eigenvalue weighted by atomic mass is 35.5. The van der Waals surface area contributed by atoms with Gasteiger partial charge in [-0.05, 0) is 43.4 Å². The summed E-state index contributed by atoms with van der Waals surface area (Å²) in [5.41, 5.74) is 1.91. The number of hydrogen-bond acceptors (Lipinski definition) is 3. The van der Waals surface area contributed by atoms with Gasteiger partial charge in [0.15, 0.2) is 0 Å². The molecule has 0 radical (unpaired) electrons. The van der Waals surface area contributed by atoms with E-state index in [1.807, 2.05) is 24.3 Å². The van der Waals surface area contributed by atoms with Crippen LogP contribution in [0.1, 0.15) is 19.3 Å². The Kier molecular flexibility index (Phi) is 2.71. The highest BCUT2D eigenvalue weighted by Gasteiger charge is 2.45. The van der Waals surface area contributed by atoms with E-state index in [4.69, 9.17) is 16.8 Å². The van der Waals surface area contributed by atoms with Gasteiger partial charge in [-0.3, -0.25) is 0 Å². The van der Waals surface area contributed by atoms with Crippen molar-refractivity contribution < 1.29 is 5.21 Å². The van der Waals surface area contributed by atoms with E-state index in [1.165, 1.54) is 6.42 Å². The maximum absolute atomic E-state index is 9.11. The van der Waals surface area contributed by atoms with Crippen LogP contribution in [0.4, 0.5) is 5.69 Å². The molecule has 90 valence electrons. The summed E-state index contributed by atoms with van der Waals surface area (Å²) in [6.45, 7) is 0. The van der Waals surface area contributed by atoms with Crippen molar-refractivity contribution in [2.24, 2.45) is 17.0 Å². The summed E-state index contributed by atoms with van der Waals surface area (Å²) in [4.78, 5) is 0. The molecule has 2 aliphatic carbocycles. The summed E-state index contributed by atoms with van der Waals surface area (Å²) in [6.07, 6.45) is 3.54. The molecular formula is C13H15ClN2O. The number of fused-ring (bicyclic) bond motifs is 2. The zero-order chi connectivity index (χ0) is 11.8. The largest absolute Gasteiger partial charge is 0.411 e. The molecular weight excluding hydrogens is 236 g/mol. The van der Waals surface area contributed by atoms with Gasteiger partial charge in [-0.25, -0.2) is 0 Å². The van der Waals surface area contributed by atoms with Crippen LogP contribution in [0, 0.1) is 11.8 Å². The van der Waals surface area contributed by atoms with Crippen LogP contribution in [-0.2, 0) is 0 Å². The number of halogens is 1. The minimum Gasteiger partial charge on any atom is -0.411 e. The van der Waals surface area contributed by atoms with Crippen LogP contribution in [0.3, 0.4) is 0 Å². The number of rotatable bonds is 2. The molecule has 17 heavy (non-hydrogen) atoms. The average molecular weight is 251 g/mol. The second kappa shape index (κ2) is 4.22. The Morgan fingerprint density at radius 2 is 2.24 bits per heavy atom. The molecule has 0 amide bonds. The lowest BCUT2D eigenvalue weighted by atomic mass is 9.93. The number of oxime groups is 1. The van der Waals surface area contributed by atoms with Gasteiger partial charge in [-0.2, -0.15) is 0 Å². The van der Waals surface area contributed by atoms with E-state index >= 15 is 0 Å².